The maximum absolute atomic E-state index is 11.0. The van der Waals surface area contributed by atoms with E-state index in [-0.39, 0.29) is 6.61 Å². The van der Waals surface area contributed by atoms with E-state index >= 15 is 0 Å². The minimum atomic E-state index is -0.854. The Hall–Kier alpha value is -1.59. The molecule has 0 bridgehead atoms. The van der Waals surface area contributed by atoms with E-state index < -0.39 is 11.9 Å². The Labute approximate surface area is 89.1 Å². The summed E-state index contributed by atoms with van der Waals surface area (Å²) in [6, 6.07) is 0. The Morgan fingerprint density at radius 2 is 1.93 bits per heavy atom. The van der Waals surface area contributed by atoms with Gasteiger partial charge in [0, 0.05) is 12.3 Å². The molecule has 0 aromatic rings. The highest BCUT2D eigenvalue weighted by Gasteiger charge is 2.12. The Bertz CT molecular complexity index is 247. The number of carbonyl (C=O) groups excluding carboxylic acids is 2. The van der Waals surface area contributed by atoms with Gasteiger partial charge in [0.1, 0.15) is 0 Å². The maximum Gasteiger partial charge on any atom is 0.396 e. The molecule has 86 valence electrons. The topological polar surface area (TPSA) is 79.8 Å². The summed E-state index contributed by atoms with van der Waals surface area (Å²) < 4.78 is 4.50. The largest absolute Gasteiger partial charge is 0.459 e. The van der Waals surface area contributed by atoms with Crippen molar-refractivity contribution in [3.63, 3.8) is 0 Å². The van der Waals surface area contributed by atoms with E-state index in [0.717, 1.165) is 5.71 Å². The lowest BCUT2D eigenvalue weighted by atomic mass is 10.5. The quantitative estimate of drug-likeness (QED) is 0.216. The molecule has 6 heteroatoms. The first-order valence-electron chi connectivity index (χ1n) is 4.76. The average Bonchev–Trinajstić information content (AvgIpc) is 2.16. The third-order valence-electron chi connectivity index (χ3n) is 1.29. The van der Waals surface area contributed by atoms with Gasteiger partial charge in [0.25, 0.3) is 0 Å². The van der Waals surface area contributed by atoms with Crippen molar-refractivity contribution in [2.45, 2.75) is 20.8 Å². The van der Waals surface area contributed by atoms with Gasteiger partial charge < -0.3 is 15.5 Å². The van der Waals surface area contributed by atoms with Crippen LogP contribution in [0.5, 0.6) is 0 Å². The fraction of sp³-hybridized carbons (Fsp3) is 0.667. The molecular formula is C9H17N3O3. The molecule has 0 rings (SSSR count). The smallest absolute Gasteiger partial charge is 0.396 e. The second kappa shape index (κ2) is 7.78. The maximum atomic E-state index is 11.0. The van der Waals surface area contributed by atoms with E-state index in [1.165, 1.54) is 0 Å². The molecule has 1 amide bonds. The fourth-order valence-corrected chi connectivity index (χ4v) is 0.715. The molecule has 0 unspecified atom stereocenters. The number of hydrogen-bond donors (Lipinski definition) is 2. The van der Waals surface area contributed by atoms with Gasteiger partial charge in [0.15, 0.2) is 0 Å². The van der Waals surface area contributed by atoms with Crippen LogP contribution in [0.3, 0.4) is 0 Å². The Morgan fingerprint density at radius 1 is 1.27 bits per heavy atom. The van der Waals surface area contributed by atoms with E-state index in [4.69, 9.17) is 0 Å². The molecule has 0 atom stereocenters. The SMILES string of the molecule is CCOC(=O)C(=O)NCCNN=C(C)C. The van der Waals surface area contributed by atoms with Crippen molar-refractivity contribution < 1.29 is 14.3 Å². The molecule has 0 aliphatic carbocycles. The van der Waals surface area contributed by atoms with E-state index in [1.807, 2.05) is 13.8 Å². The van der Waals surface area contributed by atoms with Gasteiger partial charge in [-0.1, -0.05) is 0 Å². The highest BCUT2D eigenvalue weighted by molar-refractivity contribution is 6.32. The number of carbonyl (C=O) groups is 2. The van der Waals surface area contributed by atoms with Gasteiger partial charge in [0.2, 0.25) is 0 Å². The van der Waals surface area contributed by atoms with Gasteiger partial charge in [-0.05, 0) is 20.8 Å². The molecule has 0 spiro atoms. The van der Waals surface area contributed by atoms with Crippen LogP contribution in [0.4, 0.5) is 0 Å². The third kappa shape index (κ3) is 7.48. The van der Waals surface area contributed by atoms with Gasteiger partial charge in [0.05, 0.1) is 13.2 Å². The summed E-state index contributed by atoms with van der Waals surface area (Å²) in [4.78, 5) is 21.8. The van der Waals surface area contributed by atoms with Crippen LogP contribution >= 0.6 is 0 Å². The molecule has 6 nitrogen and oxygen atoms in total. The first kappa shape index (κ1) is 13.4. The van der Waals surface area contributed by atoms with Crippen molar-refractivity contribution >= 4 is 17.6 Å². The van der Waals surface area contributed by atoms with Gasteiger partial charge in [-0.3, -0.25) is 4.79 Å². The zero-order chi connectivity index (χ0) is 11.7. The second-order valence-corrected chi connectivity index (χ2v) is 2.94. The minimum absolute atomic E-state index is 0.198. The number of hydrazone groups is 1. The summed E-state index contributed by atoms with van der Waals surface area (Å²) in [5.41, 5.74) is 3.63. The van der Waals surface area contributed by atoms with Gasteiger partial charge in [-0.2, -0.15) is 5.10 Å². The van der Waals surface area contributed by atoms with Gasteiger partial charge >= 0.3 is 11.9 Å². The summed E-state index contributed by atoms with van der Waals surface area (Å²) in [5, 5.41) is 6.30. The molecular weight excluding hydrogens is 198 g/mol. The number of nitrogens with zero attached hydrogens (tertiary/aromatic N) is 1. The molecule has 0 aliphatic heterocycles. The van der Waals surface area contributed by atoms with Crippen molar-refractivity contribution in [2.24, 2.45) is 5.10 Å². The Kier molecular flexibility index (Phi) is 6.96. The van der Waals surface area contributed by atoms with Crippen molar-refractivity contribution in [3.8, 4) is 0 Å². The number of nitrogens with one attached hydrogen (secondary N) is 2. The molecule has 0 radical (unpaired) electrons. The van der Waals surface area contributed by atoms with Crippen LogP contribution in [-0.4, -0.2) is 37.3 Å². The molecule has 15 heavy (non-hydrogen) atoms. The van der Waals surface area contributed by atoms with Crippen molar-refractivity contribution in [1.29, 1.82) is 0 Å². The average molecular weight is 215 g/mol. The monoisotopic (exact) mass is 215 g/mol. The normalized spacial score (nSPS) is 9.00. The Morgan fingerprint density at radius 3 is 2.47 bits per heavy atom. The number of amides is 1. The summed E-state index contributed by atoms with van der Waals surface area (Å²) in [7, 11) is 0. The fourth-order valence-electron chi connectivity index (χ4n) is 0.715. The first-order valence-corrected chi connectivity index (χ1v) is 4.76. The zero-order valence-electron chi connectivity index (χ0n) is 9.29. The van der Waals surface area contributed by atoms with Crippen LogP contribution in [0, 0.1) is 0 Å². The lowest BCUT2D eigenvalue weighted by Crippen LogP contribution is -2.36. The van der Waals surface area contributed by atoms with E-state index in [0.29, 0.717) is 13.1 Å². The van der Waals surface area contributed by atoms with Crippen molar-refractivity contribution in [3.05, 3.63) is 0 Å². The molecule has 2 N–H and O–H groups in total. The lowest BCUT2D eigenvalue weighted by Gasteiger charge is -2.04. The summed E-state index contributed by atoms with van der Waals surface area (Å²) in [6.07, 6.45) is 0. The molecule has 0 saturated carbocycles. The predicted molar refractivity (Wildman–Crippen MR) is 56.4 cm³/mol. The Balaban J connectivity index is 3.55. The zero-order valence-corrected chi connectivity index (χ0v) is 9.29. The molecule has 0 aromatic heterocycles. The predicted octanol–water partition coefficient (Wildman–Crippen LogP) is -0.349. The minimum Gasteiger partial charge on any atom is -0.459 e. The van der Waals surface area contributed by atoms with E-state index in [2.05, 4.69) is 20.6 Å². The van der Waals surface area contributed by atoms with Crippen LogP contribution in [0.25, 0.3) is 0 Å². The molecule has 0 heterocycles. The highest BCUT2D eigenvalue weighted by Crippen LogP contribution is 1.77. The molecule has 0 aliphatic rings. The molecule has 0 fully saturated rings. The number of rotatable bonds is 5. The van der Waals surface area contributed by atoms with Crippen molar-refractivity contribution in [1.82, 2.24) is 10.7 Å². The van der Waals surface area contributed by atoms with E-state index in [9.17, 15) is 9.59 Å². The molecule has 0 aromatic carbocycles. The van der Waals surface area contributed by atoms with Gasteiger partial charge in [-0.15, -0.1) is 0 Å². The summed E-state index contributed by atoms with van der Waals surface area (Å²) in [5.74, 6) is -1.58. The standard InChI is InChI=1S/C9H17N3O3/c1-4-15-9(14)8(13)10-5-6-11-12-7(2)3/h11H,4-6H2,1-3H3,(H,10,13). The highest BCUT2D eigenvalue weighted by atomic mass is 16.5. The van der Waals surface area contributed by atoms with Gasteiger partial charge in [-0.25, -0.2) is 4.79 Å². The van der Waals surface area contributed by atoms with Crippen LogP contribution < -0.4 is 10.7 Å². The first-order chi connectivity index (χ1) is 7.07. The summed E-state index contributed by atoms with van der Waals surface area (Å²) >= 11 is 0. The third-order valence-corrected chi connectivity index (χ3v) is 1.29. The number of ether oxygens (including phenoxy) is 1. The summed E-state index contributed by atoms with van der Waals surface area (Å²) in [6.45, 7) is 6.34. The number of hydrogen-bond acceptors (Lipinski definition) is 5. The van der Waals surface area contributed by atoms with E-state index in [1.54, 1.807) is 6.92 Å². The number of esters is 1. The van der Waals surface area contributed by atoms with Crippen LogP contribution in [0.2, 0.25) is 0 Å². The lowest BCUT2D eigenvalue weighted by molar-refractivity contribution is -0.154. The van der Waals surface area contributed by atoms with Crippen molar-refractivity contribution in [2.75, 3.05) is 19.7 Å². The molecule has 0 saturated heterocycles. The van der Waals surface area contributed by atoms with Crippen LogP contribution in [-0.2, 0) is 14.3 Å². The van der Waals surface area contributed by atoms with Crippen LogP contribution in [0.1, 0.15) is 20.8 Å². The second-order valence-electron chi connectivity index (χ2n) is 2.94. The van der Waals surface area contributed by atoms with Crippen LogP contribution in [0.15, 0.2) is 5.10 Å².